The summed E-state index contributed by atoms with van der Waals surface area (Å²) in [5.41, 5.74) is 2.48. The van der Waals surface area contributed by atoms with Gasteiger partial charge in [-0.2, -0.15) is 0 Å². The molecule has 0 saturated heterocycles. The average molecular weight is 398 g/mol. The van der Waals surface area contributed by atoms with Crippen molar-refractivity contribution in [2.75, 3.05) is 5.32 Å². The van der Waals surface area contributed by atoms with Gasteiger partial charge in [-0.05, 0) is 61.1 Å². The highest BCUT2D eigenvalue weighted by Gasteiger charge is 2.24. The van der Waals surface area contributed by atoms with Gasteiger partial charge in [0.15, 0.2) is 5.15 Å². The molecule has 1 aromatic carbocycles. The quantitative estimate of drug-likeness (QED) is 0.602. The van der Waals surface area contributed by atoms with E-state index in [4.69, 9.17) is 11.6 Å². The molecule has 142 valence electrons. The van der Waals surface area contributed by atoms with E-state index in [1.54, 1.807) is 25.3 Å². The van der Waals surface area contributed by atoms with Gasteiger partial charge in [0, 0.05) is 18.0 Å². The van der Waals surface area contributed by atoms with E-state index in [0.717, 1.165) is 24.5 Å². The lowest BCUT2D eigenvalue weighted by molar-refractivity contribution is 0.102. The zero-order chi connectivity index (χ0) is 19.8. The Morgan fingerprint density at radius 1 is 1.25 bits per heavy atom. The number of phenolic OH excluding ortho intramolecular Hbond substituents is 1. The van der Waals surface area contributed by atoms with Gasteiger partial charge in [0.05, 0.1) is 16.9 Å². The highest BCUT2D eigenvalue weighted by Crippen LogP contribution is 2.40. The molecular formula is C21H17ClFN3O2. The Morgan fingerprint density at radius 2 is 2.04 bits per heavy atom. The largest absolute Gasteiger partial charge is 0.507 e. The van der Waals surface area contributed by atoms with Crippen molar-refractivity contribution in [3.63, 3.8) is 0 Å². The zero-order valence-electron chi connectivity index (χ0n) is 15.0. The van der Waals surface area contributed by atoms with E-state index in [2.05, 4.69) is 15.3 Å². The number of rotatable bonds is 4. The normalized spacial score (nSPS) is 13.4. The van der Waals surface area contributed by atoms with Crippen molar-refractivity contribution >= 4 is 23.2 Å². The molecule has 1 amide bonds. The lowest BCUT2D eigenvalue weighted by Crippen LogP contribution is -2.14. The predicted octanol–water partition coefficient (Wildman–Crippen LogP) is 5.08. The Labute approximate surface area is 166 Å². The summed E-state index contributed by atoms with van der Waals surface area (Å²) in [5, 5.41) is 13.0. The zero-order valence-corrected chi connectivity index (χ0v) is 15.8. The Kier molecular flexibility index (Phi) is 4.73. The number of carbonyl (C=O) groups is 1. The highest BCUT2D eigenvalue weighted by atomic mass is 35.5. The number of nitrogens with zero attached hydrogens (tertiary/aromatic N) is 2. The van der Waals surface area contributed by atoms with E-state index >= 15 is 0 Å². The third kappa shape index (κ3) is 3.55. The monoisotopic (exact) mass is 397 g/mol. The second-order valence-electron chi connectivity index (χ2n) is 6.85. The van der Waals surface area contributed by atoms with Gasteiger partial charge in [-0.15, -0.1) is 0 Å². The summed E-state index contributed by atoms with van der Waals surface area (Å²) in [6.07, 6.45) is 5.55. The summed E-state index contributed by atoms with van der Waals surface area (Å²) in [5.74, 6) is -1.13. The van der Waals surface area contributed by atoms with Crippen LogP contribution < -0.4 is 5.32 Å². The second-order valence-corrected chi connectivity index (χ2v) is 7.21. The van der Waals surface area contributed by atoms with Gasteiger partial charge in [0.25, 0.3) is 5.91 Å². The van der Waals surface area contributed by atoms with Crippen LogP contribution in [0.3, 0.4) is 0 Å². The fourth-order valence-corrected chi connectivity index (χ4v) is 3.27. The van der Waals surface area contributed by atoms with Crippen LogP contribution in [0.4, 0.5) is 10.1 Å². The van der Waals surface area contributed by atoms with Gasteiger partial charge in [-0.1, -0.05) is 17.7 Å². The molecule has 5 nitrogen and oxygen atoms in total. The molecule has 1 saturated carbocycles. The molecule has 0 atom stereocenters. The molecule has 0 unspecified atom stereocenters. The van der Waals surface area contributed by atoms with Crippen LogP contribution in [0.25, 0.3) is 11.3 Å². The SMILES string of the molecule is Cc1ccnc(Cl)c1NC(=O)c1cc(F)c(-c2ccc(C3CC3)cn2)cc1O. The Morgan fingerprint density at radius 3 is 2.68 bits per heavy atom. The minimum atomic E-state index is -0.682. The van der Waals surface area contributed by atoms with E-state index in [0.29, 0.717) is 22.9 Å². The van der Waals surface area contributed by atoms with E-state index < -0.39 is 11.7 Å². The fraction of sp³-hybridized carbons (Fsp3) is 0.190. The minimum absolute atomic E-state index is 0.116. The second kappa shape index (κ2) is 7.20. The van der Waals surface area contributed by atoms with E-state index in [9.17, 15) is 14.3 Å². The van der Waals surface area contributed by atoms with Gasteiger partial charge in [0.1, 0.15) is 11.6 Å². The number of carbonyl (C=O) groups excluding carboxylic acids is 1. The van der Waals surface area contributed by atoms with E-state index in [1.165, 1.54) is 12.3 Å². The molecule has 2 heterocycles. The molecule has 2 N–H and O–H groups in total. The van der Waals surface area contributed by atoms with Crippen molar-refractivity contribution in [1.82, 2.24) is 9.97 Å². The first-order chi connectivity index (χ1) is 13.4. The fourth-order valence-electron chi connectivity index (χ4n) is 3.02. The molecule has 28 heavy (non-hydrogen) atoms. The molecule has 1 aliphatic rings. The molecular weight excluding hydrogens is 381 g/mol. The average Bonchev–Trinajstić information content (AvgIpc) is 3.52. The van der Waals surface area contributed by atoms with Crippen LogP contribution in [0.15, 0.2) is 42.7 Å². The summed E-state index contributed by atoms with van der Waals surface area (Å²) >= 11 is 6.01. The third-order valence-corrected chi connectivity index (χ3v) is 5.08. The number of anilines is 1. The third-order valence-electron chi connectivity index (χ3n) is 4.79. The Bertz CT molecular complexity index is 1050. The van der Waals surface area contributed by atoms with Crippen LogP contribution >= 0.6 is 11.6 Å². The van der Waals surface area contributed by atoms with Crippen LogP contribution in [0.5, 0.6) is 5.75 Å². The summed E-state index contributed by atoms with van der Waals surface area (Å²) < 4.78 is 14.7. The predicted molar refractivity (Wildman–Crippen MR) is 105 cm³/mol. The molecule has 0 bridgehead atoms. The lowest BCUT2D eigenvalue weighted by atomic mass is 10.0. The first kappa shape index (κ1) is 18.4. The van der Waals surface area contributed by atoms with E-state index in [-0.39, 0.29) is 22.0 Å². The summed E-state index contributed by atoms with van der Waals surface area (Å²) in [4.78, 5) is 20.7. The minimum Gasteiger partial charge on any atom is -0.507 e. The smallest absolute Gasteiger partial charge is 0.259 e. The number of aromatic hydroxyl groups is 1. The number of halogens is 2. The van der Waals surface area contributed by atoms with Crippen molar-refractivity contribution in [2.24, 2.45) is 0 Å². The maximum atomic E-state index is 14.7. The number of hydrogen-bond acceptors (Lipinski definition) is 4. The topological polar surface area (TPSA) is 75.1 Å². The molecule has 0 aliphatic heterocycles. The van der Waals surface area contributed by atoms with Crippen LogP contribution in [0.2, 0.25) is 5.15 Å². The molecule has 2 aromatic heterocycles. The first-order valence-electron chi connectivity index (χ1n) is 8.85. The molecule has 0 radical (unpaired) electrons. The van der Waals surface area contributed by atoms with Gasteiger partial charge in [-0.3, -0.25) is 9.78 Å². The van der Waals surface area contributed by atoms with Crippen LogP contribution in [-0.2, 0) is 0 Å². The molecule has 7 heteroatoms. The Balaban J connectivity index is 1.62. The highest BCUT2D eigenvalue weighted by molar-refractivity contribution is 6.33. The van der Waals surface area contributed by atoms with Crippen molar-refractivity contribution in [3.8, 4) is 17.0 Å². The number of aromatic nitrogens is 2. The lowest BCUT2D eigenvalue weighted by Gasteiger charge is -2.12. The summed E-state index contributed by atoms with van der Waals surface area (Å²) in [7, 11) is 0. The van der Waals surface area contributed by atoms with Crippen LogP contribution in [-0.4, -0.2) is 21.0 Å². The van der Waals surface area contributed by atoms with Gasteiger partial charge >= 0.3 is 0 Å². The van der Waals surface area contributed by atoms with Crippen molar-refractivity contribution in [2.45, 2.75) is 25.7 Å². The maximum absolute atomic E-state index is 14.7. The molecule has 1 aliphatic carbocycles. The van der Waals surface area contributed by atoms with Crippen molar-refractivity contribution in [3.05, 3.63) is 70.4 Å². The molecule has 1 fully saturated rings. The number of benzene rings is 1. The summed E-state index contributed by atoms with van der Waals surface area (Å²) in [6.45, 7) is 1.75. The van der Waals surface area contributed by atoms with Gasteiger partial charge in [-0.25, -0.2) is 9.37 Å². The van der Waals surface area contributed by atoms with Gasteiger partial charge < -0.3 is 10.4 Å². The molecule has 0 spiro atoms. The standard InChI is InChI=1S/C21H17ClFN3O2/c1-11-6-7-24-20(22)19(11)26-21(28)15-8-16(23)14(9-18(15)27)17-5-4-13(10-25-17)12-2-3-12/h4-10,12,27H,2-3H2,1H3,(H,26,28). The number of phenols is 1. The molecule has 4 rings (SSSR count). The van der Waals surface area contributed by atoms with Crippen LogP contribution in [0, 0.1) is 12.7 Å². The Hall–Kier alpha value is -2.99. The maximum Gasteiger partial charge on any atom is 0.259 e. The number of nitrogens with one attached hydrogen (secondary N) is 1. The van der Waals surface area contributed by atoms with Crippen molar-refractivity contribution in [1.29, 1.82) is 0 Å². The summed E-state index contributed by atoms with van der Waals surface area (Å²) in [6, 6.07) is 7.54. The molecule has 3 aromatic rings. The number of amides is 1. The first-order valence-corrected chi connectivity index (χ1v) is 9.23. The number of pyridine rings is 2. The van der Waals surface area contributed by atoms with Crippen molar-refractivity contribution < 1.29 is 14.3 Å². The number of aryl methyl sites for hydroxylation is 1. The van der Waals surface area contributed by atoms with Crippen LogP contribution in [0.1, 0.15) is 40.2 Å². The van der Waals surface area contributed by atoms with E-state index in [1.807, 2.05) is 6.07 Å². The number of hydrogen-bond donors (Lipinski definition) is 2. The van der Waals surface area contributed by atoms with Gasteiger partial charge in [0.2, 0.25) is 0 Å².